The van der Waals surface area contributed by atoms with Crippen LogP contribution in [0, 0.1) is 5.82 Å². The smallest absolute Gasteiger partial charge is 0.416 e. The van der Waals surface area contributed by atoms with Crippen LogP contribution in [0.4, 0.5) is 23.2 Å². The van der Waals surface area contributed by atoms with Gasteiger partial charge >= 0.3 is 11.9 Å². The molecule has 1 fully saturated rings. The average molecular weight is 544 g/mol. The summed E-state index contributed by atoms with van der Waals surface area (Å²) in [7, 11) is 3.02. The van der Waals surface area contributed by atoms with Crippen LogP contribution < -0.4 is 15.3 Å². The molecule has 1 aliphatic heterocycles. The summed E-state index contributed by atoms with van der Waals surface area (Å²) in [6.45, 7) is 2.40. The van der Waals surface area contributed by atoms with Gasteiger partial charge in [-0.25, -0.2) is 9.18 Å². The van der Waals surface area contributed by atoms with Crippen LogP contribution >= 0.6 is 0 Å². The maximum absolute atomic E-state index is 15.1. The fourth-order valence-corrected chi connectivity index (χ4v) is 5.55. The lowest BCUT2D eigenvalue weighted by Gasteiger charge is -2.25. The second-order valence-corrected chi connectivity index (χ2v) is 9.67. The van der Waals surface area contributed by atoms with Gasteiger partial charge in [0.1, 0.15) is 17.1 Å². The minimum absolute atomic E-state index is 0.0188. The average Bonchev–Trinajstić information content (AvgIpc) is 3.50. The molecule has 39 heavy (non-hydrogen) atoms. The number of rotatable bonds is 7. The summed E-state index contributed by atoms with van der Waals surface area (Å²) in [5, 5.41) is 0. The first-order valence-electron chi connectivity index (χ1n) is 12.6. The first-order chi connectivity index (χ1) is 18.7. The quantitative estimate of drug-likeness (QED) is 0.262. The van der Waals surface area contributed by atoms with Crippen molar-refractivity contribution in [3.8, 4) is 5.75 Å². The van der Waals surface area contributed by atoms with E-state index >= 15 is 4.39 Å². The van der Waals surface area contributed by atoms with E-state index in [1.807, 2.05) is 17.9 Å². The van der Waals surface area contributed by atoms with Crippen LogP contribution in [-0.4, -0.2) is 36.4 Å². The normalized spacial score (nSPS) is 16.7. The molecule has 2 atom stereocenters. The van der Waals surface area contributed by atoms with E-state index in [0.717, 1.165) is 6.07 Å². The van der Waals surface area contributed by atoms with Gasteiger partial charge in [-0.3, -0.25) is 9.13 Å². The van der Waals surface area contributed by atoms with Gasteiger partial charge in [-0.15, -0.1) is 0 Å². The highest BCUT2D eigenvalue weighted by Crippen LogP contribution is 2.37. The Labute approximate surface area is 223 Å². The number of anilines is 1. The van der Waals surface area contributed by atoms with Crippen LogP contribution in [-0.2, 0) is 17.5 Å². The lowest BCUT2D eigenvalue weighted by molar-refractivity contribution is -0.138. The molecule has 0 spiro atoms. The van der Waals surface area contributed by atoms with Crippen molar-refractivity contribution >= 4 is 16.7 Å². The molecule has 0 radical (unpaired) electrons. The standard InChI is InChI=1S/C29H29F4N3O3/c1-18(38-2)21-9-6-11-23(30)26(21)34-15-14-20(17-34)36-24-12-7-13-25(39-3)27(24)35(28(36)37)16-19-8-4-5-10-22(19)29(31,32)33/h4-13,18,20H,14-17H2,1-3H3/t18?,20-/m1/s1. The predicted octanol–water partition coefficient (Wildman–Crippen LogP) is 6.18. The minimum atomic E-state index is -4.56. The number of imidazole rings is 1. The van der Waals surface area contributed by atoms with Crippen molar-refractivity contribution < 1.29 is 27.0 Å². The van der Waals surface area contributed by atoms with Gasteiger partial charge in [-0.05, 0) is 43.2 Å². The molecule has 5 rings (SSSR count). The van der Waals surface area contributed by atoms with Crippen molar-refractivity contribution in [2.45, 2.75) is 38.2 Å². The Morgan fingerprint density at radius 2 is 1.77 bits per heavy atom. The van der Waals surface area contributed by atoms with E-state index < -0.39 is 17.4 Å². The summed E-state index contributed by atoms with van der Waals surface area (Å²) in [5.41, 5.74) is 0.849. The Kier molecular flexibility index (Phi) is 7.15. The summed E-state index contributed by atoms with van der Waals surface area (Å²) < 4.78 is 70.2. The van der Waals surface area contributed by atoms with Crippen LogP contribution in [0.2, 0.25) is 0 Å². The monoisotopic (exact) mass is 543 g/mol. The van der Waals surface area contributed by atoms with E-state index in [1.165, 1.54) is 35.9 Å². The van der Waals surface area contributed by atoms with Crippen molar-refractivity contribution in [3.63, 3.8) is 0 Å². The molecule has 6 nitrogen and oxygen atoms in total. The van der Waals surface area contributed by atoms with Gasteiger partial charge in [0.25, 0.3) is 0 Å². The van der Waals surface area contributed by atoms with Gasteiger partial charge in [-0.1, -0.05) is 36.4 Å². The molecule has 1 aromatic heterocycles. The summed E-state index contributed by atoms with van der Waals surface area (Å²) >= 11 is 0. The maximum atomic E-state index is 15.1. The Morgan fingerprint density at radius 3 is 2.49 bits per heavy atom. The molecule has 4 aromatic rings. The molecular formula is C29H29F4N3O3. The van der Waals surface area contributed by atoms with Gasteiger partial charge in [-0.2, -0.15) is 13.2 Å². The number of methoxy groups -OCH3 is 2. The van der Waals surface area contributed by atoms with Gasteiger partial charge < -0.3 is 14.4 Å². The zero-order valence-corrected chi connectivity index (χ0v) is 21.8. The molecule has 0 saturated carbocycles. The van der Waals surface area contributed by atoms with Crippen molar-refractivity contribution in [1.29, 1.82) is 0 Å². The summed E-state index contributed by atoms with van der Waals surface area (Å²) in [6.07, 6.45) is -4.35. The second kappa shape index (κ2) is 10.4. The number of ether oxygens (including phenoxy) is 2. The third-order valence-corrected chi connectivity index (χ3v) is 7.47. The highest BCUT2D eigenvalue weighted by atomic mass is 19.4. The zero-order chi connectivity index (χ0) is 27.9. The second-order valence-electron chi connectivity index (χ2n) is 9.67. The number of alkyl halides is 3. The van der Waals surface area contributed by atoms with Gasteiger partial charge in [0.2, 0.25) is 0 Å². The number of hydrogen-bond acceptors (Lipinski definition) is 4. The fraction of sp³-hybridized carbons (Fsp3) is 0.345. The Hall–Kier alpha value is -3.79. The van der Waals surface area contributed by atoms with Gasteiger partial charge in [0, 0.05) is 25.8 Å². The minimum Gasteiger partial charge on any atom is -0.494 e. The number of benzene rings is 3. The number of nitrogens with zero attached hydrogens (tertiary/aromatic N) is 3. The van der Waals surface area contributed by atoms with Crippen LogP contribution in [0.15, 0.2) is 65.5 Å². The van der Waals surface area contributed by atoms with Crippen LogP contribution in [0.1, 0.15) is 42.2 Å². The Balaban J connectivity index is 1.60. The molecular weight excluding hydrogens is 514 g/mol. The van der Waals surface area contributed by atoms with E-state index in [4.69, 9.17) is 9.47 Å². The lowest BCUT2D eigenvalue weighted by atomic mass is 10.1. The van der Waals surface area contributed by atoms with Crippen molar-refractivity contribution in [2.24, 2.45) is 0 Å². The first kappa shape index (κ1) is 26.8. The van der Waals surface area contributed by atoms with E-state index in [-0.39, 0.29) is 30.1 Å². The topological polar surface area (TPSA) is 48.6 Å². The van der Waals surface area contributed by atoms with E-state index in [9.17, 15) is 18.0 Å². The Morgan fingerprint density at radius 1 is 1.03 bits per heavy atom. The summed E-state index contributed by atoms with van der Waals surface area (Å²) in [6, 6.07) is 14.9. The predicted molar refractivity (Wildman–Crippen MR) is 141 cm³/mol. The summed E-state index contributed by atoms with van der Waals surface area (Å²) in [4.78, 5) is 15.8. The van der Waals surface area contributed by atoms with E-state index in [1.54, 1.807) is 35.9 Å². The zero-order valence-electron chi connectivity index (χ0n) is 21.8. The third kappa shape index (κ3) is 4.78. The molecule has 0 amide bonds. The molecule has 10 heteroatoms. The number of halogens is 4. The SMILES string of the molecule is COc1cccc2c1n(Cc1ccccc1C(F)(F)F)c(=O)n2[C@@H]1CCN(c2c(F)cccc2C(C)OC)C1. The van der Waals surface area contributed by atoms with Crippen molar-refractivity contribution in [3.05, 3.63) is 93.7 Å². The van der Waals surface area contributed by atoms with Crippen molar-refractivity contribution in [1.82, 2.24) is 9.13 Å². The fourth-order valence-electron chi connectivity index (χ4n) is 5.55. The molecule has 2 heterocycles. The molecule has 0 bridgehead atoms. The molecule has 1 unspecified atom stereocenters. The molecule has 1 aliphatic rings. The number of fused-ring (bicyclic) bond motifs is 1. The molecule has 3 aromatic carbocycles. The van der Waals surface area contributed by atoms with Crippen molar-refractivity contribution in [2.75, 3.05) is 32.2 Å². The molecule has 206 valence electrons. The molecule has 0 aliphatic carbocycles. The van der Waals surface area contributed by atoms with Crippen LogP contribution in [0.5, 0.6) is 5.75 Å². The maximum Gasteiger partial charge on any atom is 0.416 e. The third-order valence-electron chi connectivity index (χ3n) is 7.47. The number of aromatic nitrogens is 2. The number of para-hydroxylation sites is 2. The lowest BCUT2D eigenvalue weighted by Crippen LogP contribution is -2.30. The van der Waals surface area contributed by atoms with Crippen LogP contribution in [0.3, 0.4) is 0 Å². The molecule has 0 N–H and O–H groups in total. The Bertz CT molecular complexity index is 1560. The van der Waals surface area contributed by atoms with Gasteiger partial charge in [0.05, 0.1) is 42.6 Å². The first-order valence-corrected chi connectivity index (χ1v) is 12.6. The van der Waals surface area contributed by atoms with Gasteiger partial charge in [0.15, 0.2) is 0 Å². The van der Waals surface area contributed by atoms with E-state index in [0.29, 0.717) is 47.5 Å². The highest BCUT2D eigenvalue weighted by molar-refractivity contribution is 5.83. The summed E-state index contributed by atoms with van der Waals surface area (Å²) in [5.74, 6) is 0.00487. The van der Waals surface area contributed by atoms with Crippen LogP contribution in [0.25, 0.3) is 11.0 Å². The van der Waals surface area contributed by atoms with E-state index in [2.05, 4.69) is 0 Å². The largest absolute Gasteiger partial charge is 0.494 e. The molecule has 1 saturated heterocycles. The number of hydrogen-bond donors (Lipinski definition) is 0. The highest BCUT2D eigenvalue weighted by Gasteiger charge is 2.35.